The van der Waals surface area contributed by atoms with Gasteiger partial charge in [-0.3, -0.25) is 24.1 Å². The van der Waals surface area contributed by atoms with Gasteiger partial charge in [-0.15, -0.1) is 0 Å². The second-order valence-corrected chi connectivity index (χ2v) is 11.2. The maximum absolute atomic E-state index is 12.9. The molecule has 0 unspecified atom stereocenters. The number of methoxy groups -OCH3 is 1. The van der Waals surface area contributed by atoms with Crippen LogP contribution in [0.25, 0.3) is 6.08 Å². The predicted octanol–water partition coefficient (Wildman–Crippen LogP) is 6.08. The Morgan fingerprint density at radius 1 is 0.927 bits per heavy atom. The van der Waals surface area contributed by atoms with Crippen molar-refractivity contribution in [1.29, 1.82) is 0 Å². The summed E-state index contributed by atoms with van der Waals surface area (Å²) < 4.78 is 11.9. The zero-order valence-electron chi connectivity index (χ0n) is 22.9. The van der Waals surface area contributed by atoms with Crippen LogP contribution in [0.4, 0.5) is 16.2 Å². The van der Waals surface area contributed by atoms with Crippen LogP contribution in [-0.4, -0.2) is 48.1 Å². The van der Waals surface area contributed by atoms with Gasteiger partial charge in [-0.1, -0.05) is 23.8 Å². The molecule has 41 heavy (non-hydrogen) atoms. The lowest BCUT2D eigenvalue weighted by atomic mass is 10.1. The molecule has 0 radical (unpaired) electrons. The van der Waals surface area contributed by atoms with E-state index in [0.29, 0.717) is 28.4 Å². The summed E-state index contributed by atoms with van der Waals surface area (Å²) in [5.74, 6) is -0.711. The molecule has 1 saturated heterocycles. The highest BCUT2D eigenvalue weighted by atomic mass is 79.9. The molecule has 4 rings (SSSR count). The van der Waals surface area contributed by atoms with Gasteiger partial charge in [0.25, 0.3) is 17.1 Å². The number of thioether (sulfide) groups is 1. The lowest BCUT2D eigenvalue weighted by molar-refractivity contribution is -0.127. The minimum absolute atomic E-state index is 0.173. The first kappa shape index (κ1) is 29.9. The van der Waals surface area contributed by atoms with Crippen LogP contribution in [0.1, 0.15) is 22.3 Å². The van der Waals surface area contributed by atoms with Crippen molar-refractivity contribution in [3.63, 3.8) is 0 Å². The van der Waals surface area contributed by atoms with Crippen LogP contribution in [0.2, 0.25) is 0 Å². The van der Waals surface area contributed by atoms with Gasteiger partial charge in [0, 0.05) is 10.2 Å². The first-order chi connectivity index (χ1) is 19.5. The number of nitrogens with zero attached hydrogens (tertiary/aromatic N) is 1. The summed E-state index contributed by atoms with van der Waals surface area (Å²) in [4.78, 5) is 51.4. The lowest BCUT2D eigenvalue weighted by Crippen LogP contribution is -2.36. The van der Waals surface area contributed by atoms with E-state index in [4.69, 9.17) is 9.47 Å². The molecule has 1 heterocycles. The van der Waals surface area contributed by atoms with E-state index in [2.05, 4.69) is 26.6 Å². The van der Waals surface area contributed by atoms with Crippen molar-refractivity contribution < 1.29 is 28.7 Å². The van der Waals surface area contributed by atoms with E-state index >= 15 is 0 Å². The molecular formula is C30H28BrN3O6S. The van der Waals surface area contributed by atoms with E-state index in [9.17, 15) is 19.2 Å². The molecule has 1 aliphatic rings. The van der Waals surface area contributed by atoms with Crippen molar-refractivity contribution in [1.82, 2.24) is 4.90 Å². The maximum atomic E-state index is 12.9. The molecule has 2 N–H and O–H groups in total. The summed E-state index contributed by atoms with van der Waals surface area (Å²) in [6.07, 6.45) is 1.54. The molecule has 9 nitrogen and oxygen atoms in total. The van der Waals surface area contributed by atoms with Crippen LogP contribution >= 0.6 is 27.7 Å². The van der Waals surface area contributed by atoms with Gasteiger partial charge in [0.05, 0.1) is 17.7 Å². The number of carbonyl (C=O) groups excluding carboxylic acids is 4. The fraction of sp³-hybridized carbons (Fsp3) is 0.200. The molecule has 1 aliphatic heterocycles. The third-order valence-corrected chi connectivity index (χ3v) is 7.78. The number of amides is 4. The first-order valence-electron chi connectivity index (χ1n) is 12.5. The molecular weight excluding hydrogens is 610 g/mol. The number of benzene rings is 3. The summed E-state index contributed by atoms with van der Waals surface area (Å²) in [5, 5.41) is 4.98. The fourth-order valence-electron chi connectivity index (χ4n) is 3.87. The summed E-state index contributed by atoms with van der Waals surface area (Å²) in [6.45, 7) is 5.23. The minimum Gasteiger partial charge on any atom is -0.493 e. The van der Waals surface area contributed by atoms with Gasteiger partial charge in [0.15, 0.2) is 18.1 Å². The van der Waals surface area contributed by atoms with E-state index in [1.807, 2.05) is 45.0 Å². The van der Waals surface area contributed by atoms with Crippen molar-refractivity contribution in [3.05, 3.63) is 86.2 Å². The molecule has 0 bridgehead atoms. The zero-order chi connectivity index (χ0) is 29.7. The van der Waals surface area contributed by atoms with Crippen LogP contribution < -0.4 is 20.1 Å². The number of hydrogen-bond donors (Lipinski definition) is 2. The number of ether oxygens (including phenoxy) is 2. The Kier molecular flexibility index (Phi) is 9.51. The Bertz CT molecular complexity index is 1550. The Hall–Kier alpha value is -4.09. The van der Waals surface area contributed by atoms with Gasteiger partial charge in [0.2, 0.25) is 5.91 Å². The highest BCUT2D eigenvalue weighted by Gasteiger charge is 2.36. The number of halogens is 1. The lowest BCUT2D eigenvalue weighted by Gasteiger charge is -2.13. The van der Waals surface area contributed by atoms with Crippen molar-refractivity contribution in [3.8, 4) is 11.5 Å². The maximum Gasteiger partial charge on any atom is 0.294 e. The Morgan fingerprint density at radius 2 is 1.63 bits per heavy atom. The molecule has 3 aromatic rings. The Labute approximate surface area is 250 Å². The van der Waals surface area contributed by atoms with Gasteiger partial charge >= 0.3 is 0 Å². The SMILES string of the molecule is COc1cc(/C=C2/SC(=O)N(CC(=O)Nc3ccc(C)cc3)C2=O)ccc1OCC(=O)Nc1cc(C)c(C)cc1Br. The van der Waals surface area contributed by atoms with Crippen molar-refractivity contribution in [2.75, 3.05) is 30.9 Å². The average Bonchev–Trinajstić information content (AvgIpc) is 3.19. The highest BCUT2D eigenvalue weighted by molar-refractivity contribution is 9.10. The normalized spacial score (nSPS) is 13.9. The van der Waals surface area contributed by atoms with Crippen LogP contribution in [0.3, 0.4) is 0 Å². The third kappa shape index (κ3) is 7.56. The molecule has 11 heteroatoms. The van der Waals surface area contributed by atoms with E-state index in [1.165, 1.54) is 7.11 Å². The molecule has 0 spiro atoms. The molecule has 0 aromatic heterocycles. The quantitative estimate of drug-likeness (QED) is 0.274. The van der Waals surface area contributed by atoms with Gasteiger partial charge in [-0.05, 0) is 108 Å². The standard InChI is InChI=1S/C30H28BrN3O6S/c1-17-5-8-21(9-6-17)32-27(35)15-34-29(37)26(41-30(34)38)14-20-7-10-24(25(13-20)39-4)40-16-28(36)33-23-12-19(3)18(2)11-22(23)31/h5-14H,15-16H2,1-4H3,(H,32,35)(H,33,36)/b26-14+. The highest BCUT2D eigenvalue weighted by Crippen LogP contribution is 2.34. The smallest absolute Gasteiger partial charge is 0.294 e. The van der Waals surface area contributed by atoms with Crippen molar-refractivity contribution in [2.45, 2.75) is 20.8 Å². The molecule has 4 amide bonds. The van der Waals surface area contributed by atoms with Crippen LogP contribution in [-0.2, 0) is 14.4 Å². The van der Waals surface area contributed by atoms with E-state index in [0.717, 1.165) is 37.8 Å². The predicted molar refractivity (Wildman–Crippen MR) is 163 cm³/mol. The number of imide groups is 1. The fourth-order valence-corrected chi connectivity index (χ4v) is 5.26. The summed E-state index contributed by atoms with van der Waals surface area (Å²) in [6, 6.07) is 15.9. The zero-order valence-corrected chi connectivity index (χ0v) is 25.3. The van der Waals surface area contributed by atoms with E-state index in [-0.39, 0.29) is 17.4 Å². The van der Waals surface area contributed by atoms with Gasteiger partial charge < -0.3 is 20.1 Å². The van der Waals surface area contributed by atoms with Gasteiger partial charge in [-0.2, -0.15) is 0 Å². The number of rotatable bonds is 9. The minimum atomic E-state index is -0.562. The number of aryl methyl sites for hydroxylation is 3. The number of anilines is 2. The molecule has 212 valence electrons. The second kappa shape index (κ2) is 13.0. The molecule has 1 fully saturated rings. The van der Waals surface area contributed by atoms with Gasteiger partial charge in [-0.25, -0.2) is 0 Å². The topological polar surface area (TPSA) is 114 Å². The van der Waals surface area contributed by atoms with Gasteiger partial charge in [0.1, 0.15) is 6.54 Å². The first-order valence-corrected chi connectivity index (χ1v) is 14.1. The number of carbonyl (C=O) groups is 4. The van der Waals surface area contributed by atoms with Crippen LogP contribution in [0.5, 0.6) is 11.5 Å². The Morgan fingerprint density at radius 3 is 2.34 bits per heavy atom. The van der Waals surface area contributed by atoms with Crippen molar-refractivity contribution >= 4 is 68.1 Å². The van der Waals surface area contributed by atoms with E-state index in [1.54, 1.807) is 36.4 Å². The largest absolute Gasteiger partial charge is 0.493 e. The van der Waals surface area contributed by atoms with Crippen LogP contribution in [0, 0.1) is 20.8 Å². The monoisotopic (exact) mass is 637 g/mol. The third-order valence-electron chi connectivity index (χ3n) is 6.21. The summed E-state index contributed by atoms with van der Waals surface area (Å²) in [7, 11) is 1.46. The summed E-state index contributed by atoms with van der Waals surface area (Å²) in [5.41, 5.74) is 4.99. The van der Waals surface area contributed by atoms with Crippen LogP contribution in [0.15, 0.2) is 64.0 Å². The number of hydrogen-bond acceptors (Lipinski definition) is 7. The summed E-state index contributed by atoms with van der Waals surface area (Å²) >= 11 is 4.21. The molecule has 0 aliphatic carbocycles. The molecule has 0 saturated carbocycles. The number of nitrogens with one attached hydrogen (secondary N) is 2. The molecule has 3 aromatic carbocycles. The Balaban J connectivity index is 1.38. The average molecular weight is 639 g/mol. The second-order valence-electron chi connectivity index (χ2n) is 9.35. The molecule has 0 atom stereocenters. The van der Waals surface area contributed by atoms with E-state index < -0.39 is 23.6 Å². The van der Waals surface area contributed by atoms with Crippen molar-refractivity contribution in [2.24, 2.45) is 0 Å².